The number of nitrogens with zero attached hydrogens (tertiary/aromatic N) is 1. The Morgan fingerprint density at radius 2 is 1.81 bits per heavy atom. The van der Waals surface area contributed by atoms with E-state index in [1.807, 2.05) is 60.7 Å². The lowest BCUT2D eigenvalue weighted by Gasteiger charge is -2.26. The summed E-state index contributed by atoms with van der Waals surface area (Å²) < 4.78 is 22.3. The molecule has 3 aromatic carbocycles. The van der Waals surface area contributed by atoms with E-state index in [9.17, 15) is 4.79 Å². The van der Waals surface area contributed by atoms with E-state index < -0.39 is 0 Å². The molecule has 1 aliphatic rings. The highest BCUT2D eigenvalue weighted by Crippen LogP contribution is 2.40. The molecule has 184 valence electrons. The monoisotopic (exact) mass is 503 g/mol. The molecular weight excluding hydrogens is 478 g/mol. The topological polar surface area (TPSA) is 61.1 Å². The first kappa shape index (κ1) is 23.8. The number of carbonyl (C=O) groups excluding carboxylic acids is 1. The summed E-state index contributed by atoms with van der Waals surface area (Å²) in [5.41, 5.74) is 3.08. The molecule has 1 aliphatic heterocycles. The van der Waals surface area contributed by atoms with E-state index in [0.29, 0.717) is 30.3 Å². The van der Waals surface area contributed by atoms with Crippen LogP contribution >= 0.6 is 11.6 Å². The van der Waals surface area contributed by atoms with E-state index in [1.165, 1.54) is 6.26 Å². The highest BCUT2D eigenvalue weighted by Gasteiger charge is 2.25. The summed E-state index contributed by atoms with van der Waals surface area (Å²) in [6, 6.07) is 24.9. The summed E-state index contributed by atoms with van der Waals surface area (Å²) in [6.07, 6.45) is 2.16. The summed E-state index contributed by atoms with van der Waals surface area (Å²) in [4.78, 5) is 15.2. The summed E-state index contributed by atoms with van der Waals surface area (Å²) in [5, 5.41) is 0.654. The van der Waals surface area contributed by atoms with Crippen molar-refractivity contribution in [3.63, 3.8) is 0 Å². The van der Waals surface area contributed by atoms with E-state index in [4.69, 9.17) is 30.2 Å². The normalized spacial score (nSPS) is 12.8. The predicted octanol–water partition coefficient (Wildman–Crippen LogP) is 6.53. The van der Waals surface area contributed by atoms with Crippen molar-refractivity contribution in [1.82, 2.24) is 4.90 Å². The molecule has 6 nitrogen and oxygen atoms in total. The van der Waals surface area contributed by atoms with Crippen LogP contribution < -0.4 is 14.2 Å². The molecule has 1 amide bonds. The van der Waals surface area contributed by atoms with Crippen molar-refractivity contribution in [3.8, 4) is 17.2 Å². The van der Waals surface area contributed by atoms with Crippen molar-refractivity contribution >= 4 is 17.5 Å². The van der Waals surface area contributed by atoms with Gasteiger partial charge in [0.05, 0.1) is 13.4 Å². The SMILES string of the molecule is COc1ccccc1C(CCN(Cc1ccc(Cl)cc1)C(=O)c1ccco1)c1ccc2c(c1)OCO2. The largest absolute Gasteiger partial charge is 0.496 e. The number of halogens is 1. The Bertz CT molecular complexity index is 1320. The predicted molar refractivity (Wildman–Crippen MR) is 137 cm³/mol. The molecule has 4 aromatic rings. The third-order valence-corrected chi connectivity index (χ3v) is 6.56. The number of hydrogen-bond donors (Lipinski definition) is 0. The van der Waals surface area contributed by atoms with E-state index in [1.54, 1.807) is 24.1 Å². The fourth-order valence-electron chi connectivity index (χ4n) is 4.49. The van der Waals surface area contributed by atoms with E-state index in [-0.39, 0.29) is 18.6 Å². The van der Waals surface area contributed by atoms with Crippen LogP contribution in [-0.4, -0.2) is 31.3 Å². The van der Waals surface area contributed by atoms with Gasteiger partial charge in [0.25, 0.3) is 5.91 Å². The van der Waals surface area contributed by atoms with Gasteiger partial charge in [0.15, 0.2) is 17.3 Å². The van der Waals surface area contributed by atoms with Gasteiger partial charge in [-0.25, -0.2) is 0 Å². The van der Waals surface area contributed by atoms with Crippen LogP contribution in [0.2, 0.25) is 5.02 Å². The number of carbonyl (C=O) groups is 1. The molecule has 0 saturated heterocycles. The van der Waals surface area contributed by atoms with Gasteiger partial charge in [0, 0.05) is 29.6 Å². The van der Waals surface area contributed by atoms with Crippen molar-refractivity contribution < 1.29 is 23.4 Å². The number of rotatable bonds is 9. The number of ether oxygens (including phenoxy) is 3. The lowest BCUT2D eigenvalue weighted by Crippen LogP contribution is -2.32. The van der Waals surface area contributed by atoms with Gasteiger partial charge in [-0.2, -0.15) is 0 Å². The maximum absolute atomic E-state index is 13.4. The highest BCUT2D eigenvalue weighted by molar-refractivity contribution is 6.30. The zero-order chi connectivity index (χ0) is 24.9. The number of fused-ring (bicyclic) bond motifs is 1. The molecule has 1 aromatic heterocycles. The van der Waals surface area contributed by atoms with Gasteiger partial charge in [0.1, 0.15) is 5.75 Å². The van der Waals surface area contributed by atoms with Crippen LogP contribution in [0.5, 0.6) is 17.2 Å². The smallest absolute Gasteiger partial charge is 0.289 e. The van der Waals surface area contributed by atoms with E-state index in [0.717, 1.165) is 33.9 Å². The second-order valence-corrected chi connectivity index (χ2v) is 8.96. The molecule has 0 N–H and O–H groups in total. The van der Waals surface area contributed by atoms with Crippen LogP contribution in [0, 0.1) is 0 Å². The molecule has 0 spiro atoms. The maximum Gasteiger partial charge on any atom is 0.289 e. The van der Waals surface area contributed by atoms with Gasteiger partial charge in [0.2, 0.25) is 6.79 Å². The average Bonchev–Trinajstić information content (AvgIpc) is 3.61. The van der Waals surface area contributed by atoms with Crippen LogP contribution in [-0.2, 0) is 6.54 Å². The fourth-order valence-corrected chi connectivity index (χ4v) is 4.62. The lowest BCUT2D eigenvalue weighted by molar-refractivity contribution is 0.0707. The number of methoxy groups -OCH3 is 1. The quantitative estimate of drug-likeness (QED) is 0.260. The Kier molecular flexibility index (Phi) is 7.14. The Balaban J connectivity index is 1.46. The standard InChI is InChI=1S/C29H26ClNO5/c1-33-25-6-3-2-5-24(25)23(21-10-13-26-28(17-21)36-19-35-26)14-15-31(29(32)27-7-4-16-34-27)18-20-8-11-22(30)12-9-20/h2-13,16-17,23H,14-15,18-19H2,1H3. The number of hydrogen-bond acceptors (Lipinski definition) is 5. The van der Waals surface area contributed by atoms with Crippen LogP contribution in [0.3, 0.4) is 0 Å². The second-order valence-electron chi connectivity index (χ2n) is 8.53. The molecule has 1 unspecified atom stereocenters. The van der Waals surface area contributed by atoms with E-state index >= 15 is 0 Å². The molecule has 5 rings (SSSR count). The Morgan fingerprint density at radius 3 is 2.58 bits per heavy atom. The summed E-state index contributed by atoms with van der Waals surface area (Å²) in [5.74, 6) is 2.34. The molecule has 2 heterocycles. The highest BCUT2D eigenvalue weighted by atomic mass is 35.5. The molecule has 1 atom stereocenters. The van der Waals surface area contributed by atoms with Gasteiger partial charge in [-0.1, -0.05) is 48.0 Å². The number of furan rings is 1. The molecule has 7 heteroatoms. The molecule has 0 radical (unpaired) electrons. The molecular formula is C29H26ClNO5. The summed E-state index contributed by atoms with van der Waals surface area (Å²) in [6.45, 7) is 1.13. The summed E-state index contributed by atoms with van der Waals surface area (Å²) in [7, 11) is 1.67. The molecule has 0 bridgehead atoms. The van der Waals surface area contributed by atoms with Crippen molar-refractivity contribution in [2.75, 3.05) is 20.4 Å². The Morgan fingerprint density at radius 1 is 1.00 bits per heavy atom. The van der Waals surface area contributed by atoms with Crippen LogP contribution in [0.15, 0.2) is 89.5 Å². The van der Waals surface area contributed by atoms with Crippen LogP contribution in [0.4, 0.5) is 0 Å². The maximum atomic E-state index is 13.4. The minimum atomic E-state index is -0.167. The minimum absolute atomic E-state index is 0.0484. The number of para-hydroxylation sites is 1. The van der Waals surface area contributed by atoms with E-state index in [2.05, 4.69) is 6.07 Å². The number of amides is 1. The second kappa shape index (κ2) is 10.8. The molecule has 36 heavy (non-hydrogen) atoms. The first-order valence-electron chi connectivity index (χ1n) is 11.7. The minimum Gasteiger partial charge on any atom is -0.496 e. The van der Waals surface area contributed by atoms with Crippen molar-refractivity contribution in [2.24, 2.45) is 0 Å². The Labute approximate surface area is 215 Å². The summed E-state index contributed by atoms with van der Waals surface area (Å²) >= 11 is 6.07. The van der Waals surface area contributed by atoms with Crippen molar-refractivity contribution in [3.05, 3.63) is 113 Å². The lowest BCUT2D eigenvalue weighted by atomic mass is 9.87. The molecule has 0 saturated carbocycles. The third-order valence-electron chi connectivity index (χ3n) is 6.31. The van der Waals surface area contributed by atoms with Crippen molar-refractivity contribution in [1.29, 1.82) is 0 Å². The number of benzene rings is 3. The van der Waals surface area contributed by atoms with Gasteiger partial charge in [-0.05, 0) is 60.0 Å². The zero-order valence-electron chi connectivity index (χ0n) is 19.9. The fraction of sp³-hybridized carbons (Fsp3) is 0.207. The zero-order valence-corrected chi connectivity index (χ0v) is 20.6. The van der Waals surface area contributed by atoms with Gasteiger partial charge in [-0.15, -0.1) is 0 Å². The van der Waals surface area contributed by atoms with Gasteiger partial charge >= 0.3 is 0 Å². The van der Waals surface area contributed by atoms with Crippen molar-refractivity contribution in [2.45, 2.75) is 18.9 Å². The Hall–Kier alpha value is -3.90. The third kappa shape index (κ3) is 5.19. The first-order valence-corrected chi connectivity index (χ1v) is 12.1. The average molecular weight is 504 g/mol. The van der Waals surface area contributed by atoms with Gasteiger partial charge in [-0.3, -0.25) is 4.79 Å². The van der Waals surface area contributed by atoms with Crippen LogP contribution in [0.25, 0.3) is 0 Å². The first-order chi connectivity index (χ1) is 17.6. The van der Waals surface area contributed by atoms with Gasteiger partial charge < -0.3 is 23.5 Å². The molecule has 0 aliphatic carbocycles. The molecule has 0 fully saturated rings. The van der Waals surface area contributed by atoms with Crippen LogP contribution in [0.1, 0.15) is 39.6 Å².